The summed E-state index contributed by atoms with van der Waals surface area (Å²) >= 11 is 0. The zero-order chi connectivity index (χ0) is 20.4. The summed E-state index contributed by atoms with van der Waals surface area (Å²) in [4.78, 5) is 40.1. The van der Waals surface area contributed by atoms with Crippen LogP contribution in [0.3, 0.4) is 0 Å². The minimum Gasteiger partial charge on any atom is -0.289 e. The van der Waals surface area contributed by atoms with Crippen molar-refractivity contribution < 1.29 is 19.2 Å². The van der Waals surface area contributed by atoms with E-state index in [0.717, 1.165) is 0 Å². The summed E-state index contributed by atoms with van der Waals surface area (Å²) in [5.41, 5.74) is -1.68. The Kier molecular flexibility index (Phi) is 8.24. The van der Waals surface area contributed by atoms with Crippen LogP contribution in [0.25, 0.3) is 0 Å². The standard InChI is InChI=1S/C8H12N4.2C4H3NO2/c1-7(2,5-9)11-12-8(3,4)6-10;2*6-3-1-2-4(7)5-3/h1-4H3;2*1-2H,(H,5,6,7). The van der Waals surface area contributed by atoms with Crippen LogP contribution < -0.4 is 10.6 Å². The van der Waals surface area contributed by atoms with E-state index in [1.165, 1.54) is 24.3 Å². The average molecular weight is 358 g/mol. The Balaban J connectivity index is 0.000000381. The number of hydrogen-bond acceptors (Lipinski definition) is 8. The Morgan fingerprint density at radius 2 is 0.923 bits per heavy atom. The van der Waals surface area contributed by atoms with E-state index in [-0.39, 0.29) is 23.6 Å². The first-order valence-electron chi connectivity index (χ1n) is 7.23. The van der Waals surface area contributed by atoms with Gasteiger partial charge >= 0.3 is 0 Å². The third-order valence-electron chi connectivity index (χ3n) is 2.36. The van der Waals surface area contributed by atoms with Gasteiger partial charge in [0.25, 0.3) is 23.6 Å². The Morgan fingerprint density at radius 1 is 0.692 bits per heavy atom. The molecule has 0 bridgehead atoms. The molecule has 0 aromatic carbocycles. The SMILES string of the molecule is CC(C)(C#N)N=NC(C)(C)C#N.O=C1C=CC(=O)N1.O=C1C=CC(=O)N1. The van der Waals surface area contributed by atoms with Crippen LogP contribution in [0, 0.1) is 22.7 Å². The predicted octanol–water partition coefficient (Wildman–Crippen LogP) is 0.441. The van der Waals surface area contributed by atoms with Crippen LogP contribution in [0.2, 0.25) is 0 Å². The maximum atomic E-state index is 10.0. The Labute approximate surface area is 150 Å². The maximum absolute atomic E-state index is 10.0. The monoisotopic (exact) mass is 358 g/mol. The van der Waals surface area contributed by atoms with Crippen molar-refractivity contribution in [3.8, 4) is 12.1 Å². The summed E-state index contributed by atoms with van der Waals surface area (Å²) in [5.74, 6) is -1.31. The predicted molar refractivity (Wildman–Crippen MR) is 88.8 cm³/mol. The molecular weight excluding hydrogens is 340 g/mol. The van der Waals surface area contributed by atoms with Gasteiger partial charge in [0, 0.05) is 24.3 Å². The molecule has 10 heteroatoms. The first kappa shape index (κ1) is 22.3. The molecule has 2 aliphatic heterocycles. The van der Waals surface area contributed by atoms with E-state index < -0.39 is 11.1 Å². The van der Waals surface area contributed by atoms with Gasteiger partial charge in [-0.2, -0.15) is 20.8 Å². The zero-order valence-electron chi connectivity index (χ0n) is 14.7. The lowest BCUT2D eigenvalue weighted by Gasteiger charge is -2.11. The van der Waals surface area contributed by atoms with Crippen molar-refractivity contribution in [2.24, 2.45) is 10.2 Å². The van der Waals surface area contributed by atoms with E-state index in [4.69, 9.17) is 10.5 Å². The number of hydrogen-bond donors (Lipinski definition) is 2. The van der Waals surface area contributed by atoms with Crippen molar-refractivity contribution in [1.82, 2.24) is 10.6 Å². The van der Waals surface area contributed by atoms with Gasteiger partial charge in [-0.15, -0.1) is 0 Å². The topological polar surface area (TPSA) is 165 Å². The van der Waals surface area contributed by atoms with Crippen molar-refractivity contribution in [1.29, 1.82) is 10.5 Å². The van der Waals surface area contributed by atoms with E-state index in [0.29, 0.717) is 0 Å². The van der Waals surface area contributed by atoms with Gasteiger partial charge < -0.3 is 0 Å². The maximum Gasteiger partial charge on any atom is 0.250 e. The van der Waals surface area contributed by atoms with Crippen LogP contribution in [-0.2, 0) is 19.2 Å². The highest BCUT2D eigenvalue weighted by Gasteiger charge is 2.19. The summed E-state index contributed by atoms with van der Waals surface area (Å²) in [6, 6.07) is 3.94. The lowest BCUT2D eigenvalue weighted by atomic mass is 10.1. The fraction of sp³-hybridized carbons (Fsp3) is 0.375. The first-order chi connectivity index (χ1) is 11.9. The van der Waals surface area contributed by atoms with Crippen LogP contribution in [-0.4, -0.2) is 34.7 Å². The molecule has 10 nitrogen and oxygen atoms in total. The number of amides is 4. The summed E-state index contributed by atoms with van der Waals surface area (Å²) in [7, 11) is 0. The van der Waals surface area contributed by atoms with Crippen molar-refractivity contribution in [3.63, 3.8) is 0 Å². The number of imide groups is 2. The van der Waals surface area contributed by atoms with Gasteiger partial charge in [0.15, 0.2) is 11.1 Å². The van der Waals surface area contributed by atoms with Crippen LogP contribution in [0.1, 0.15) is 27.7 Å². The average Bonchev–Trinajstić information content (AvgIpc) is 3.13. The highest BCUT2D eigenvalue weighted by Crippen LogP contribution is 2.13. The van der Waals surface area contributed by atoms with E-state index >= 15 is 0 Å². The van der Waals surface area contributed by atoms with Crippen molar-refractivity contribution >= 4 is 23.6 Å². The molecule has 2 rings (SSSR count). The smallest absolute Gasteiger partial charge is 0.250 e. The van der Waals surface area contributed by atoms with Crippen LogP contribution in [0.4, 0.5) is 0 Å². The van der Waals surface area contributed by atoms with Crippen LogP contribution >= 0.6 is 0 Å². The van der Waals surface area contributed by atoms with Crippen molar-refractivity contribution in [2.75, 3.05) is 0 Å². The van der Waals surface area contributed by atoms with Gasteiger partial charge in [0.2, 0.25) is 0 Å². The minimum atomic E-state index is -0.839. The summed E-state index contributed by atoms with van der Waals surface area (Å²) in [6.07, 6.45) is 4.79. The highest BCUT2D eigenvalue weighted by atomic mass is 16.2. The Hall–Kier alpha value is -3.66. The molecule has 0 atom stereocenters. The van der Waals surface area contributed by atoms with Gasteiger partial charge in [0.1, 0.15) is 0 Å². The lowest BCUT2D eigenvalue weighted by Crippen LogP contribution is -2.19. The van der Waals surface area contributed by atoms with Gasteiger partial charge in [0.05, 0.1) is 12.1 Å². The highest BCUT2D eigenvalue weighted by molar-refractivity contribution is 6.13. The molecule has 2 aliphatic rings. The molecule has 0 aromatic heterocycles. The van der Waals surface area contributed by atoms with E-state index in [1.807, 2.05) is 22.8 Å². The molecular formula is C16H18N6O4. The Morgan fingerprint density at radius 3 is 1.04 bits per heavy atom. The van der Waals surface area contributed by atoms with Crippen LogP contribution in [0.15, 0.2) is 34.5 Å². The molecule has 2 N–H and O–H groups in total. The molecule has 4 amide bonds. The van der Waals surface area contributed by atoms with E-state index in [2.05, 4.69) is 10.2 Å². The molecule has 0 aromatic rings. The molecule has 0 radical (unpaired) electrons. The van der Waals surface area contributed by atoms with E-state index in [9.17, 15) is 19.2 Å². The number of azo groups is 1. The van der Waals surface area contributed by atoms with Crippen LogP contribution in [0.5, 0.6) is 0 Å². The second-order valence-corrected chi connectivity index (χ2v) is 5.92. The summed E-state index contributed by atoms with van der Waals surface area (Å²) < 4.78 is 0. The van der Waals surface area contributed by atoms with Gasteiger partial charge in [-0.1, -0.05) is 0 Å². The van der Waals surface area contributed by atoms with E-state index in [1.54, 1.807) is 27.7 Å². The van der Waals surface area contributed by atoms with Gasteiger partial charge in [-0.05, 0) is 27.7 Å². The minimum absolute atomic E-state index is 0.329. The number of nitrogens with one attached hydrogen (secondary N) is 2. The molecule has 26 heavy (non-hydrogen) atoms. The fourth-order valence-electron chi connectivity index (χ4n) is 1.01. The number of nitriles is 2. The van der Waals surface area contributed by atoms with Gasteiger partial charge in [-0.3, -0.25) is 29.8 Å². The normalized spacial score (nSPS) is 15.3. The third kappa shape index (κ3) is 10.2. The first-order valence-corrected chi connectivity index (χ1v) is 7.23. The molecule has 0 saturated heterocycles. The zero-order valence-corrected chi connectivity index (χ0v) is 14.7. The number of nitrogens with zero attached hydrogens (tertiary/aromatic N) is 4. The molecule has 0 unspecified atom stereocenters. The molecule has 2 heterocycles. The second kappa shape index (κ2) is 9.59. The molecule has 0 saturated carbocycles. The quantitative estimate of drug-likeness (QED) is 0.537. The van der Waals surface area contributed by atoms with Gasteiger partial charge in [-0.25, -0.2) is 0 Å². The molecule has 136 valence electrons. The molecule has 0 aliphatic carbocycles. The Bertz CT molecular complexity index is 667. The third-order valence-corrected chi connectivity index (χ3v) is 2.36. The lowest BCUT2D eigenvalue weighted by molar-refractivity contribution is -0.125. The number of rotatable bonds is 2. The largest absolute Gasteiger partial charge is 0.289 e. The number of carbonyl (C=O) groups excluding carboxylic acids is 4. The van der Waals surface area contributed by atoms with Crippen molar-refractivity contribution in [2.45, 2.75) is 38.8 Å². The molecule has 0 spiro atoms. The molecule has 0 fully saturated rings. The second-order valence-electron chi connectivity index (χ2n) is 5.92. The fourth-order valence-corrected chi connectivity index (χ4v) is 1.01. The number of carbonyl (C=O) groups is 4. The summed E-state index contributed by atoms with van der Waals surface area (Å²) in [6.45, 7) is 6.57. The summed E-state index contributed by atoms with van der Waals surface area (Å²) in [5, 5.41) is 28.7. The van der Waals surface area contributed by atoms with Crippen molar-refractivity contribution in [3.05, 3.63) is 24.3 Å².